The van der Waals surface area contributed by atoms with E-state index in [-0.39, 0.29) is 5.91 Å². The summed E-state index contributed by atoms with van der Waals surface area (Å²) >= 11 is 0. The molecule has 36 heavy (non-hydrogen) atoms. The van der Waals surface area contributed by atoms with Crippen molar-refractivity contribution >= 4 is 34.2 Å². The Labute approximate surface area is 211 Å². The van der Waals surface area contributed by atoms with Crippen LogP contribution in [-0.4, -0.2) is 29.0 Å². The second-order valence-electron chi connectivity index (χ2n) is 9.45. The van der Waals surface area contributed by atoms with E-state index in [0.717, 1.165) is 58.1 Å². The first-order valence-electron chi connectivity index (χ1n) is 12.5. The summed E-state index contributed by atoms with van der Waals surface area (Å²) in [6.45, 7) is 4.33. The first kappa shape index (κ1) is 22.2. The Bertz CT molecular complexity index is 1430. The van der Waals surface area contributed by atoms with Gasteiger partial charge in [-0.15, -0.1) is 0 Å². The van der Waals surface area contributed by atoms with Crippen LogP contribution in [0.2, 0.25) is 0 Å². The van der Waals surface area contributed by atoms with Crippen molar-refractivity contribution in [1.29, 1.82) is 0 Å². The maximum absolute atomic E-state index is 13.2. The Balaban J connectivity index is 1.42. The predicted octanol–water partition coefficient (Wildman–Crippen LogP) is 6.31. The molecule has 180 valence electrons. The number of carbonyl (C=O) groups is 1. The van der Waals surface area contributed by atoms with Crippen LogP contribution >= 0.6 is 0 Å². The number of nitrogens with one attached hydrogen (secondary N) is 3. The molecule has 1 aromatic heterocycles. The fraction of sp³-hybridized carbons (Fsp3) is 0.200. The summed E-state index contributed by atoms with van der Waals surface area (Å²) in [5.74, 6) is -0.0913. The number of anilines is 3. The minimum atomic E-state index is -0.0913. The second kappa shape index (κ2) is 9.38. The number of para-hydroxylation sites is 1. The standard InChI is InChI=1S/C30H29N5O/c1-20-17-23(35-15-5-2-6-16-35)13-14-24(20)29(28-25-7-3-4-8-26(25)34-30(28)36)33-22-11-9-21(10-12-22)27-18-31-19-32-27/h3-4,7-14,17-19,33H,2,5-6,15-16H2,1H3,(H,31,32)(H,34,36). The summed E-state index contributed by atoms with van der Waals surface area (Å²) in [5.41, 5.74) is 9.48. The number of imidazole rings is 1. The summed E-state index contributed by atoms with van der Waals surface area (Å²) in [6, 6.07) is 22.6. The molecule has 0 atom stereocenters. The first-order chi connectivity index (χ1) is 17.7. The quantitative estimate of drug-likeness (QED) is 0.296. The monoisotopic (exact) mass is 475 g/mol. The van der Waals surface area contributed by atoms with Crippen LogP contribution in [0.3, 0.4) is 0 Å². The van der Waals surface area contributed by atoms with E-state index in [2.05, 4.69) is 50.6 Å². The molecule has 3 N–H and O–H groups in total. The molecule has 1 amide bonds. The van der Waals surface area contributed by atoms with Gasteiger partial charge in [-0.25, -0.2) is 4.98 Å². The molecule has 4 aromatic rings. The van der Waals surface area contributed by atoms with Gasteiger partial charge in [0.05, 0.1) is 23.3 Å². The molecule has 3 aromatic carbocycles. The van der Waals surface area contributed by atoms with Gasteiger partial charge in [0.25, 0.3) is 5.91 Å². The largest absolute Gasteiger partial charge is 0.372 e. The third-order valence-electron chi connectivity index (χ3n) is 7.07. The van der Waals surface area contributed by atoms with Crippen LogP contribution in [0.4, 0.5) is 17.1 Å². The van der Waals surface area contributed by atoms with Crippen LogP contribution in [0.5, 0.6) is 0 Å². The lowest BCUT2D eigenvalue weighted by Crippen LogP contribution is -2.29. The van der Waals surface area contributed by atoms with Gasteiger partial charge in [-0.05, 0) is 62.1 Å². The number of rotatable bonds is 5. The highest BCUT2D eigenvalue weighted by atomic mass is 16.2. The van der Waals surface area contributed by atoms with Crippen LogP contribution in [0.25, 0.3) is 22.5 Å². The highest BCUT2D eigenvalue weighted by molar-refractivity contribution is 6.37. The number of hydrogen-bond donors (Lipinski definition) is 3. The van der Waals surface area contributed by atoms with Gasteiger partial charge in [0.1, 0.15) is 0 Å². The average molecular weight is 476 g/mol. The lowest BCUT2D eigenvalue weighted by Gasteiger charge is -2.29. The van der Waals surface area contributed by atoms with E-state index in [1.54, 1.807) is 6.33 Å². The Morgan fingerprint density at radius 3 is 2.53 bits per heavy atom. The fourth-order valence-electron chi connectivity index (χ4n) is 5.19. The van der Waals surface area contributed by atoms with E-state index in [1.165, 1.54) is 24.9 Å². The summed E-state index contributed by atoms with van der Waals surface area (Å²) in [5, 5.41) is 6.63. The van der Waals surface area contributed by atoms with Crippen LogP contribution in [0.15, 0.2) is 79.3 Å². The molecule has 2 aliphatic rings. The number of fused-ring (bicyclic) bond motifs is 1. The molecular formula is C30H29N5O. The number of nitrogens with zero attached hydrogens (tertiary/aromatic N) is 2. The number of amides is 1. The van der Waals surface area contributed by atoms with Crippen LogP contribution in [-0.2, 0) is 4.79 Å². The van der Waals surface area contributed by atoms with Gasteiger partial charge in [0, 0.05) is 53.0 Å². The van der Waals surface area contributed by atoms with Crippen molar-refractivity contribution in [1.82, 2.24) is 9.97 Å². The minimum absolute atomic E-state index is 0.0913. The highest BCUT2D eigenvalue weighted by Crippen LogP contribution is 2.39. The lowest BCUT2D eigenvalue weighted by molar-refractivity contribution is -0.110. The normalized spacial score (nSPS) is 16.5. The first-order valence-corrected chi connectivity index (χ1v) is 12.5. The van der Waals surface area contributed by atoms with Crippen molar-refractivity contribution < 1.29 is 4.79 Å². The SMILES string of the molecule is Cc1cc(N2CCCCC2)ccc1C(Nc1ccc(-c2c[nH]cn2)cc1)=C1C(=O)Nc2ccccc21. The molecule has 6 rings (SSSR count). The van der Waals surface area contributed by atoms with E-state index in [4.69, 9.17) is 0 Å². The van der Waals surface area contributed by atoms with Gasteiger partial charge in [0.15, 0.2) is 0 Å². The third-order valence-corrected chi connectivity index (χ3v) is 7.07. The Hall–Kier alpha value is -4.32. The molecule has 1 fully saturated rings. The Morgan fingerprint density at radius 2 is 1.78 bits per heavy atom. The van der Waals surface area contributed by atoms with E-state index < -0.39 is 0 Å². The zero-order chi connectivity index (χ0) is 24.5. The molecule has 0 bridgehead atoms. The molecule has 0 unspecified atom stereocenters. The van der Waals surface area contributed by atoms with Gasteiger partial charge in [-0.3, -0.25) is 4.79 Å². The molecule has 1 saturated heterocycles. The number of hydrogen-bond acceptors (Lipinski definition) is 4. The zero-order valence-electron chi connectivity index (χ0n) is 20.3. The smallest absolute Gasteiger partial charge is 0.258 e. The van der Waals surface area contributed by atoms with E-state index in [9.17, 15) is 4.79 Å². The summed E-state index contributed by atoms with van der Waals surface area (Å²) < 4.78 is 0. The van der Waals surface area contributed by atoms with E-state index in [1.807, 2.05) is 54.7 Å². The average Bonchev–Trinajstić information content (AvgIpc) is 3.56. The number of aromatic nitrogens is 2. The fourth-order valence-corrected chi connectivity index (χ4v) is 5.19. The summed E-state index contributed by atoms with van der Waals surface area (Å²) in [6.07, 6.45) is 7.34. The molecule has 0 radical (unpaired) electrons. The van der Waals surface area contributed by atoms with E-state index in [0.29, 0.717) is 5.57 Å². The molecule has 3 heterocycles. The van der Waals surface area contributed by atoms with Crippen molar-refractivity contribution in [3.05, 3.63) is 95.9 Å². The number of aromatic amines is 1. The number of benzene rings is 3. The Kier molecular flexibility index (Phi) is 5.77. The molecule has 0 spiro atoms. The Morgan fingerprint density at radius 1 is 0.972 bits per heavy atom. The summed E-state index contributed by atoms with van der Waals surface area (Å²) in [7, 11) is 0. The van der Waals surface area contributed by atoms with Crippen molar-refractivity contribution in [2.75, 3.05) is 28.6 Å². The zero-order valence-corrected chi connectivity index (χ0v) is 20.3. The minimum Gasteiger partial charge on any atom is -0.372 e. The molecule has 0 aliphatic carbocycles. The van der Waals surface area contributed by atoms with Crippen LogP contribution < -0.4 is 15.5 Å². The predicted molar refractivity (Wildman–Crippen MR) is 147 cm³/mol. The molecule has 6 nitrogen and oxygen atoms in total. The maximum atomic E-state index is 13.2. The molecular weight excluding hydrogens is 446 g/mol. The van der Waals surface area contributed by atoms with Crippen LogP contribution in [0.1, 0.15) is 36.0 Å². The van der Waals surface area contributed by atoms with Crippen molar-refractivity contribution in [3.8, 4) is 11.3 Å². The number of carbonyl (C=O) groups excluding carboxylic acids is 1. The number of H-pyrrole nitrogens is 1. The van der Waals surface area contributed by atoms with Crippen LogP contribution in [0, 0.1) is 6.92 Å². The van der Waals surface area contributed by atoms with Gasteiger partial charge in [-0.2, -0.15) is 0 Å². The van der Waals surface area contributed by atoms with Gasteiger partial charge in [-0.1, -0.05) is 36.4 Å². The van der Waals surface area contributed by atoms with Gasteiger partial charge >= 0.3 is 0 Å². The molecule has 0 saturated carbocycles. The molecule has 6 heteroatoms. The second-order valence-corrected chi connectivity index (χ2v) is 9.45. The third kappa shape index (κ3) is 4.15. The topological polar surface area (TPSA) is 73.0 Å². The summed E-state index contributed by atoms with van der Waals surface area (Å²) in [4.78, 5) is 23.0. The number of piperidine rings is 1. The lowest BCUT2D eigenvalue weighted by atomic mass is 9.96. The highest BCUT2D eigenvalue weighted by Gasteiger charge is 2.29. The van der Waals surface area contributed by atoms with Crippen molar-refractivity contribution in [2.45, 2.75) is 26.2 Å². The van der Waals surface area contributed by atoms with Gasteiger partial charge in [0.2, 0.25) is 0 Å². The van der Waals surface area contributed by atoms with Crippen molar-refractivity contribution in [3.63, 3.8) is 0 Å². The van der Waals surface area contributed by atoms with Gasteiger partial charge < -0.3 is 20.5 Å². The molecule has 2 aliphatic heterocycles. The van der Waals surface area contributed by atoms with E-state index >= 15 is 0 Å². The van der Waals surface area contributed by atoms with Crippen molar-refractivity contribution in [2.24, 2.45) is 0 Å². The maximum Gasteiger partial charge on any atom is 0.258 e. The number of aryl methyl sites for hydroxylation is 1.